The van der Waals surface area contributed by atoms with Crippen molar-refractivity contribution in [1.82, 2.24) is 9.88 Å². The summed E-state index contributed by atoms with van der Waals surface area (Å²) in [5.74, 6) is 0. The lowest BCUT2D eigenvalue weighted by molar-refractivity contribution is 0.124. The largest absolute Gasteiger partial charge is 0.327 e. The van der Waals surface area contributed by atoms with Crippen molar-refractivity contribution >= 4 is 23.7 Å². The third kappa shape index (κ3) is 3.65. The van der Waals surface area contributed by atoms with E-state index < -0.39 is 0 Å². The molecule has 2 atom stereocenters. The van der Waals surface area contributed by atoms with E-state index >= 15 is 0 Å². The first kappa shape index (κ1) is 14.9. The van der Waals surface area contributed by atoms with E-state index in [2.05, 4.69) is 23.7 Å². The molecule has 17 heavy (non-hydrogen) atoms. The van der Waals surface area contributed by atoms with Gasteiger partial charge in [0.2, 0.25) is 0 Å². The highest BCUT2D eigenvalue weighted by molar-refractivity contribution is 7.09. The Morgan fingerprint density at radius 2 is 2.35 bits per heavy atom. The van der Waals surface area contributed by atoms with Crippen molar-refractivity contribution in [2.24, 2.45) is 5.73 Å². The second-order valence-corrected chi connectivity index (χ2v) is 5.69. The normalized spacial score (nSPS) is 23.1. The topological polar surface area (TPSA) is 42.2 Å². The third-order valence-corrected chi connectivity index (χ3v) is 4.38. The first-order chi connectivity index (χ1) is 7.68. The van der Waals surface area contributed by atoms with Gasteiger partial charge in [0.25, 0.3) is 0 Å². The molecule has 0 spiro atoms. The van der Waals surface area contributed by atoms with Crippen LogP contribution in [0.25, 0.3) is 0 Å². The van der Waals surface area contributed by atoms with Crippen LogP contribution in [0, 0.1) is 6.92 Å². The van der Waals surface area contributed by atoms with Gasteiger partial charge in [-0.05, 0) is 33.2 Å². The van der Waals surface area contributed by atoms with Gasteiger partial charge in [0, 0.05) is 23.5 Å². The molecule has 0 aliphatic carbocycles. The highest BCUT2D eigenvalue weighted by Gasteiger charge is 2.25. The molecule has 5 heteroatoms. The molecule has 0 aromatic carbocycles. The number of aryl methyl sites for hydroxylation is 1. The second-order valence-electron chi connectivity index (χ2n) is 4.75. The van der Waals surface area contributed by atoms with Gasteiger partial charge in [-0.15, -0.1) is 23.7 Å². The Balaban J connectivity index is 0.00000144. The molecule has 1 aliphatic rings. The molecule has 0 bridgehead atoms. The number of nitrogens with two attached hydrogens (primary N) is 1. The van der Waals surface area contributed by atoms with Gasteiger partial charge >= 0.3 is 0 Å². The van der Waals surface area contributed by atoms with Crippen LogP contribution in [0.15, 0.2) is 5.51 Å². The Morgan fingerprint density at radius 3 is 2.94 bits per heavy atom. The highest BCUT2D eigenvalue weighted by atomic mass is 35.5. The predicted octanol–water partition coefficient (Wildman–Crippen LogP) is 2.58. The van der Waals surface area contributed by atoms with Crippen molar-refractivity contribution in [1.29, 1.82) is 0 Å². The van der Waals surface area contributed by atoms with Crippen LogP contribution in [0.1, 0.15) is 36.8 Å². The van der Waals surface area contributed by atoms with Gasteiger partial charge in [-0.3, -0.25) is 4.90 Å². The molecule has 2 N–H and O–H groups in total. The number of piperidine rings is 1. The van der Waals surface area contributed by atoms with Crippen LogP contribution < -0.4 is 5.73 Å². The van der Waals surface area contributed by atoms with Crippen molar-refractivity contribution in [2.45, 2.75) is 51.7 Å². The summed E-state index contributed by atoms with van der Waals surface area (Å²) in [4.78, 5) is 8.24. The summed E-state index contributed by atoms with van der Waals surface area (Å²) in [6.07, 6.45) is 3.88. The Labute approximate surface area is 114 Å². The maximum atomic E-state index is 6.07. The van der Waals surface area contributed by atoms with Gasteiger partial charge in [0.15, 0.2) is 0 Å². The minimum atomic E-state index is 0. The summed E-state index contributed by atoms with van der Waals surface area (Å²) in [6, 6.07) is 0.823. The first-order valence-electron chi connectivity index (χ1n) is 6.07. The van der Waals surface area contributed by atoms with Crippen LogP contribution in [-0.4, -0.2) is 28.5 Å². The number of hydrogen-bond acceptors (Lipinski definition) is 4. The summed E-state index contributed by atoms with van der Waals surface area (Å²) in [6.45, 7) is 6.44. The molecule has 0 amide bonds. The van der Waals surface area contributed by atoms with Gasteiger partial charge in [-0.2, -0.15) is 0 Å². The number of likely N-dealkylation sites (tertiary alicyclic amines) is 1. The van der Waals surface area contributed by atoms with Crippen molar-refractivity contribution in [3.05, 3.63) is 16.1 Å². The SMILES string of the molecule is Cc1ncsc1CN1CCCCC1C(C)N.Cl. The van der Waals surface area contributed by atoms with Crippen LogP contribution in [0.4, 0.5) is 0 Å². The molecular formula is C12H22ClN3S. The Bertz CT molecular complexity index is 340. The number of aromatic nitrogens is 1. The summed E-state index contributed by atoms with van der Waals surface area (Å²) < 4.78 is 0. The van der Waals surface area contributed by atoms with Crippen LogP contribution in [0.2, 0.25) is 0 Å². The maximum Gasteiger partial charge on any atom is 0.0798 e. The van der Waals surface area contributed by atoms with Crippen molar-refractivity contribution < 1.29 is 0 Å². The van der Waals surface area contributed by atoms with E-state index in [0.29, 0.717) is 6.04 Å². The van der Waals surface area contributed by atoms with E-state index in [-0.39, 0.29) is 18.4 Å². The highest BCUT2D eigenvalue weighted by Crippen LogP contribution is 2.23. The zero-order chi connectivity index (χ0) is 11.5. The zero-order valence-electron chi connectivity index (χ0n) is 10.6. The average molecular weight is 276 g/mol. The summed E-state index contributed by atoms with van der Waals surface area (Å²) in [5, 5.41) is 0. The van der Waals surface area contributed by atoms with E-state index in [1.807, 2.05) is 5.51 Å². The van der Waals surface area contributed by atoms with Crippen LogP contribution in [0.5, 0.6) is 0 Å². The minimum Gasteiger partial charge on any atom is -0.327 e. The van der Waals surface area contributed by atoms with E-state index in [4.69, 9.17) is 5.73 Å². The van der Waals surface area contributed by atoms with E-state index in [0.717, 1.165) is 6.54 Å². The Morgan fingerprint density at radius 1 is 1.59 bits per heavy atom. The summed E-state index contributed by atoms with van der Waals surface area (Å²) >= 11 is 1.76. The van der Waals surface area contributed by atoms with Crippen molar-refractivity contribution in [2.75, 3.05) is 6.54 Å². The predicted molar refractivity (Wildman–Crippen MR) is 75.8 cm³/mol. The molecular weight excluding hydrogens is 254 g/mol. The summed E-state index contributed by atoms with van der Waals surface area (Å²) in [7, 11) is 0. The quantitative estimate of drug-likeness (QED) is 0.922. The molecule has 3 nitrogen and oxygen atoms in total. The van der Waals surface area contributed by atoms with Gasteiger partial charge < -0.3 is 5.73 Å². The van der Waals surface area contributed by atoms with Gasteiger partial charge in [-0.25, -0.2) is 4.98 Å². The van der Waals surface area contributed by atoms with Crippen molar-refractivity contribution in [3.63, 3.8) is 0 Å². The molecule has 2 unspecified atom stereocenters. The lowest BCUT2D eigenvalue weighted by Gasteiger charge is -2.37. The second kappa shape index (κ2) is 6.69. The molecule has 2 rings (SSSR count). The molecule has 1 aromatic rings. The number of hydrogen-bond donors (Lipinski definition) is 1. The molecule has 1 fully saturated rings. The fourth-order valence-corrected chi connectivity index (χ4v) is 3.27. The molecule has 0 radical (unpaired) electrons. The Kier molecular flexibility index (Phi) is 5.86. The molecule has 1 aromatic heterocycles. The van der Waals surface area contributed by atoms with Gasteiger partial charge in [-0.1, -0.05) is 6.42 Å². The fourth-order valence-electron chi connectivity index (χ4n) is 2.47. The van der Waals surface area contributed by atoms with E-state index in [9.17, 15) is 0 Å². The number of nitrogens with zero attached hydrogens (tertiary/aromatic N) is 2. The zero-order valence-corrected chi connectivity index (χ0v) is 12.2. The molecule has 98 valence electrons. The molecule has 0 saturated carbocycles. The lowest BCUT2D eigenvalue weighted by atomic mass is 9.97. The molecule has 2 heterocycles. The molecule has 1 saturated heterocycles. The van der Waals surface area contributed by atoms with Crippen molar-refractivity contribution in [3.8, 4) is 0 Å². The van der Waals surface area contributed by atoms with E-state index in [1.165, 1.54) is 36.4 Å². The van der Waals surface area contributed by atoms with Crippen LogP contribution >= 0.6 is 23.7 Å². The standard InChI is InChI=1S/C12H21N3S.ClH/c1-9(13)11-5-3-4-6-15(11)7-12-10(2)14-8-16-12;/h8-9,11H,3-7,13H2,1-2H3;1H. The van der Waals surface area contributed by atoms with Gasteiger partial charge in [0.1, 0.15) is 0 Å². The molecule has 1 aliphatic heterocycles. The third-order valence-electron chi connectivity index (χ3n) is 3.46. The monoisotopic (exact) mass is 275 g/mol. The number of rotatable bonds is 3. The average Bonchev–Trinajstić information content (AvgIpc) is 2.65. The first-order valence-corrected chi connectivity index (χ1v) is 6.95. The smallest absolute Gasteiger partial charge is 0.0798 e. The van der Waals surface area contributed by atoms with Crippen LogP contribution in [0.3, 0.4) is 0 Å². The fraction of sp³-hybridized carbons (Fsp3) is 0.750. The van der Waals surface area contributed by atoms with Crippen LogP contribution in [-0.2, 0) is 6.54 Å². The maximum absolute atomic E-state index is 6.07. The number of halogens is 1. The number of thiazole rings is 1. The summed E-state index contributed by atoms with van der Waals surface area (Å²) in [5.41, 5.74) is 9.19. The van der Waals surface area contributed by atoms with E-state index in [1.54, 1.807) is 11.3 Å². The Hall–Kier alpha value is -0.160. The lowest BCUT2D eigenvalue weighted by Crippen LogP contribution is -2.48. The minimum absolute atomic E-state index is 0. The van der Waals surface area contributed by atoms with Gasteiger partial charge in [0.05, 0.1) is 11.2 Å².